The molecule has 4 heterocycles. The fourth-order valence-electron chi connectivity index (χ4n) is 3.93. The lowest BCUT2D eigenvalue weighted by molar-refractivity contribution is 0.313. The first-order valence-electron chi connectivity index (χ1n) is 10.8. The number of nitrogens with zero attached hydrogens (tertiary/aromatic N) is 6. The summed E-state index contributed by atoms with van der Waals surface area (Å²) in [5.74, 6) is 0.324. The van der Waals surface area contributed by atoms with Gasteiger partial charge in [0.15, 0.2) is 5.65 Å². The summed E-state index contributed by atoms with van der Waals surface area (Å²) in [4.78, 5) is 17.5. The van der Waals surface area contributed by atoms with Gasteiger partial charge in [-0.2, -0.15) is 4.98 Å². The van der Waals surface area contributed by atoms with Crippen molar-refractivity contribution >= 4 is 38.4 Å². The van der Waals surface area contributed by atoms with Gasteiger partial charge in [0, 0.05) is 61.5 Å². The fourth-order valence-corrected chi connectivity index (χ4v) is 5.34. The van der Waals surface area contributed by atoms with Gasteiger partial charge in [0.05, 0.1) is 7.11 Å². The minimum absolute atomic E-state index is 0.0252. The molecule has 176 valence electrons. The average molecular weight is 480 g/mol. The number of rotatable bonds is 6. The number of benzene rings is 1. The summed E-state index contributed by atoms with van der Waals surface area (Å²) < 4.78 is 32.9. The molecule has 0 spiro atoms. The summed E-state index contributed by atoms with van der Waals surface area (Å²) >= 11 is 0. The number of pyridine rings is 1. The molecule has 0 atom stereocenters. The molecule has 11 heteroatoms. The van der Waals surface area contributed by atoms with E-state index in [1.807, 2.05) is 12.1 Å². The average Bonchev–Trinajstić information content (AvgIpc) is 3.29. The molecule has 0 aliphatic carbocycles. The summed E-state index contributed by atoms with van der Waals surface area (Å²) in [7, 11) is -0.456. The predicted octanol–water partition coefficient (Wildman–Crippen LogP) is 2.57. The normalized spacial score (nSPS) is 14.9. The van der Waals surface area contributed by atoms with Crippen LogP contribution < -0.4 is 15.0 Å². The number of hydrogen-bond acceptors (Lipinski definition) is 9. The number of aromatic nitrogens is 4. The molecule has 0 radical (unpaired) electrons. The Labute approximate surface area is 197 Å². The zero-order valence-electron chi connectivity index (χ0n) is 18.9. The SMILES string of the molecule is COc1ncccc1S(=O)(=O)n1ccc2cnc(Nc3ccc(N4CCN(C)CC4)cc3)nc21. The number of ether oxygens (including phenoxy) is 1. The van der Waals surface area contributed by atoms with Crippen LogP contribution in [-0.2, 0) is 10.0 Å². The monoisotopic (exact) mass is 479 g/mol. The number of fused-ring (bicyclic) bond motifs is 1. The lowest BCUT2D eigenvalue weighted by Gasteiger charge is -2.34. The van der Waals surface area contributed by atoms with Gasteiger partial charge in [-0.1, -0.05) is 0 Å². The molecule has 3 aromatic heterocycles. The van der Waals surface area contributed by atoms with Gasteiger partial charge in [0.1, 0.15) is 4.90 Å². The highest BCUT2D eigenvalue weighted by Gasteiger charge is 2.25. The maximum absolute atomic E-state index is 13.3. The summed E-state index contributed by atoms with van der Waals surface area (Å²) in [6, 6.07) is 12.7. The van der Waals surface area contributed by atoms with E-state index in [2.05, 4.69) is 49.2 Å². The molecule has 34 heavy (non-hydrogen) atoms. The zero-order valence-corrected chi connectivity index (χ0v) is 19.7. The van der Waals surface area contributed by atoms with Crippen molar-refractivity contribution in [2.75, 3.05) is 50.6 Å². The molecule has 1 saturated heterocycles. The molecule has 0 saturated carbocycles. The molecule has 1 aliphatic rings. The number of anilines is 3. The van der Waals surface area contributed by atoms with Gasteiger partial charge >= 0.3 is 0 Å². The van der Waals surface area contributed by atoms with E-state index in [1.165, 1.54) is 31.3 Å². The Morgan fingerprint density at radius 2 is 1.76 bits per heavy atom. The van der Waals surface area contributed by atoms with Crippen LogP contribution in [0.4, 0.5) is 17.3 Å². The molecule has 1 aliphatic heterocycles. The van der Waals surface area contributed by atoms with Crippen molar-refractivity contribution in [1.82, 2.24) is 23.8 Å². The molecule has 1 aromatic carbocycles. The molecule has 0 bridgehead atoms. The number of piperazine rings is 1. The third kappa shape index (κ3) is 4.15. The smallest absolute Gasteiger partial charge is 0.274 e. The van der Waals surface area contributed by atoms with Crippen molar-refractivity contribution in [3.63, 3.8) is 0 Å². The van der Waals surface area contributed by atoms with Crippen LogP contribution in [0.1, 0.15) is 0 Å². The molecule has 0 amide bonds. The minimum Gasteiger partial charge on any atom is -0.480 e. The van der Waals surface area contributed by atoms with Crippen molar-refractivity contribution in [2.24, 2.45) is 0 Å². The van der Waals surface area contributed by atoms with E-state index in [1.54, 1.807) is 18.3 Å². The molecule has 5 rings (SSSR count). The first kappa shape index (κ1) is 22.1. The lowest BCUT2D eigenvalue weighted by Crippen LogP contribution is -2.44. The Morgan fingerprint density at radius 3 is 2.50 bits per heavy atom. The van der Waals surface area contributed by atoms with Crippen LogP contribution in [0.2, 0.25) is 0 Å². The molecule has 4 aromatic rings. The summed E-state index contributed by atoms with van der Waals surface area (Å²) in [6.07, 6.45) is 4.52. The summed E-state index contributed by atoms with van der Waals surface area (Å²) in [6.45, 7) is 4.08. The third-order valence-corrected chi connectivity index (χ3v) is 7.53. The highest BCUT2D eigenvalue weighted by molar-refractivity contribution is 7.90. The zero-order chi connectivity index (χ0) is 23.7. The van der Waals surface area contributed by atoms with Gasteiger partial charge < -0.3 is 19.9 Å². The van der Waals surface area contributed by atoms with Crippen LogP contribution in [0.15, 0.2) is 66.0 Å². The first-order valence-corrected chi connectivity index (χ1v) is 12.3. The topological polar surface area (TPSA) is 105 Å². The Kier molecular flexibility index (Phi) is 5.80. The minimum atomic E-state index is -3.97. The van der Waals surface area contributed by atoms with Gasteiger partial charge in [-0.05, 0) is 49.5 Å². The van der Waals surface area contributed by atoms with Crippen molar-refractivity contribution in [2.45, 2.75) is 4.90 Å². The highest BCUT2D eigenvalue weighted by Crippen LogP contribution is 2.27. The second kappa shape index (κ2) is 8.92. The maximum atomic E-state index is 13.3. The van der Waals surface area contributed by atoms with E-state index in [0.717, 1.165) is 35.8 Å². The van der Waals surface area contributed by atoms with Crippen molar-refractivity contribution < 1.29 is 13.2 Å². The summed E-state index contributed by atoms with van der Waals surface area (Å²) in [5.41, 5.74) is 2.24. The molecule has 1 N–H and O–H groups in total. The molecular formula is C23H25N7O3S. The van der Waals surface area contributed by atoms with Crippen LogP contribution >= 0.6 is 0 Å². The van der Waals surface area contributed by atoms with Crippen LogP contribution in [-0.4, -0.2) is 72.6 Å². The van der Waals surface area contributed by atoms with Crippen molar-refractivity contribution in [1.29, 1.82) is 0 Å². The van der Waals surface area contributed by atoms with Crippen molar-refractivity contribution in [3.05, 3.63) is 61.1 Å². The highest BCUT2D eigenvalue weighted by atomic mass is 32.2. The van der Waals surface area contributed by atoms with Crippen molar-refractivity contribution in [3.8, 4) is 5.88 Å². The number of hydrogen-bond donors (Lipinski definition) is 1. The molecule has 1 fully saturated rings. The Bertz CT molecular complexity index is 1410. The number of likely N-dealkylation sites (N-methyl/N-ethyl adjacent to an activating group) is 1. The Balaban J connectivity index is 1.41. The number of methoxy groups -OCH3 is 1. The van der Waals surface area contributed by atoms with E-state index in [4.69, 9.17) is 4.74 Å². The standard InChI is InChI=1S/C23H25N7O3S/c1-28-12-14-29(15-13-28)19-7-5-18(6-8-19)26-23-25-16-17-9-11-30(21(17)27-23)34(31,32)20-4-3-10-24-22(20)33-2/h3-11,16H,12-15H2,1-2H3,(H,25,26,27). The fraction of sp³-hybridized carbons (Fsp3) is 0.261. The van der Waals surface area contributed by atoms with E-state index < -0.39 is 10.0 Å². The van der Waals surface area contributed by atoms with Gasteiger partial charge in [-0.15, -0.1) is 0 Å². The van der Waals surface area contributed by atoms with Crippen LogP contribution in [0.5, 0.6) is 5.88 Å². The Hall–Kier alpha value is -3.70. The molecule has 10 nitrogen and oxygen atoms in total. The Morgan fingerprint density at radius 1 is 1.00 bits per heavy atom. The van der Waals surface area contributed by atoms with Gasteiger partial charge in [-0.3, -0.25) is 0 Å². The number of nitrogens with one attached hydrogen (secondary N) is 1. The second-order valence-electron chi connectivity index (χ2n) is 8.06. The van der Waals surface area contributed by atoms with E-state index in [-0.39, 0.29) is 16.4 Å². The molecular weight excluding hydrogens is 454 g/mol. The first-order chi connectivity index (χ1) is 16.5. The van der Waals surface area contributed by atoms with Gasteiger partial charge in [-0.25, -0.2) is 22.4 Å². The van der Waals surface area contributed by atoms with E-state index in [0.29, 0.717) is 11.3 Å². The predicted molar refractivity (Wildman–Crippen MR) is 130 cm³/mol. The largest absolute Gasteiger partial charge is 0.480 e. The van der Waals surface area contributed by atoms with Crippen LogP contribution in [0.25, 0.3) is 11.0 Å². The second-order valence-corrected chi connectivity index (χ2v) is 9.85. The lowest BCUT2D eigenvalue weighted by atomic mass is 10.2. The van der Waals surface area contributed by atoms with Crippen LogP contribution in [0.3, 0.4) is 0 Å². The van der Waals surface area contributed by atoms with E-state index in [9.17, 15) is 8.42 Å². The van der Waals surface area contributed by atoms with Gasteiger partial charge in [0.2, 0.25) is 11.8 Å². The third-order valence-electron chi connectivity index (χ3n) is 5.85. The van der Waals surface area contributed by atoms with Gasteiger partial charge in [0.25, 0.3) is 10.0 Å². The molecule has 0 unspecified atom stereocenters. The van der Waals surface area contributed by atoms with E-state index >= 15 is 0 Å². The summed E-state index contributed by atoms with van der Waals surface area (Å²) in [5, 5.41) is 3.77. The van der Waals surface area contributed by atoms with Crippen LogP contribution in [0, 0.1) is 0 Å². The quantitative estimate of drug-likeness (QED) is 0.447. The maximum Gasteiger partial charge on any atom is 0.274 e.